The van der Waals surface area contributed by atoms with Gasteiger partial charge in [-0.05, 0) is 0 Å². The molecule has 5 nitrogen and oxygen atoms in total. The molecular weight excluding hydrogens is 505 g/mol. The second kappa shape index (κ2) is 13.1. The van der Waals surface area contributed by atoms with Gasteiger partial charge in [-0.3, -0.25) is 0 Å². The molecule has 1 saturated heterocycles. The Morgan fingerprint density at radius 2 is 1.44 bits per heavy atom. The van der Waals surface area contributed by atoms with Crippen LogP contribution in [0.1, 0.15) is 104 Å². The van der Waals surface area contributed by atoms with Gasteiger partial charge in [-0.1, -0.05) is 0 Å². The SMILES string of the molecule is CCC[CH2][Sn]([CH2]CCC)([CH2]CCC)[c]1ncc(C2CCN(C(=O)OC(C)(C)C)CC2)cn1. The van der Waals surface area contributed by atoms with E-state index >= 15 is 0 Å². The Kier molecular flexibility index (Phi) is 11.3. The van der Waals surface area contributed by atoms with Crippen LogP contribution in [0.3, 0.4) is 0 Å². The number of carbonyl (C=O) groups is 1. The van der Waals surface area contributed by atoms with Gasteiger partial charge in [0, 0.05) is 0 Å². The second-order valence-corrected chi connectivity index (χ2v) is 23.5. The molecule has 0 radical (unpaired) electrons. The minimum atomic E-state index is -2.56. The van der Waals surface area contributed by atoms with E-state index in [-0.39, 0.29) is 6.09 Å². The Labute approximate surface area is 201 Å². The van der Waals surface area contributed by atoms with Crippen LogP contribution in [0.2, 0.25) is 13.3 Å². The fourth-order valence-electron chi connectivity index (χ4n) is 4.80. The molecule has 0 unspecified atom stereocenters. The Morgan fingerprint density at radius 1 is 0.969 bits per heavy atom. The van der Waals surface area contributed by atoms with Crippen molar-refractivity contribution in [2.45, 2.75) is 118 Å². The van der Waals surface area contributed by atoms with Crippen LogP contribution < -0.4 is 3.84 Å². The molecule has 1 aromatic heterocycles. The number of hydrogen-bond donors (Lipinski definition) is 0. The average molecular weight is 552 g/mol. The predicted molar refractivity (Wildman–Crippen MR) is 136 cm³/mol. The molecule has 0 bridgehead atoms. The van der Waals surface area contributed by atoms with Crippen LogP contribution >= 0.6 is 0 Å². The summed E-state index contributed by atoms with van der Waals surface area (Å²) >= 11 is -2.56. The quantitative estimate of drug-likeness (QED) is 0.289. The number of nitrogens with zero attached hydrogens (tertiary/aromatic N) is 3. The molecule has 1 aliphatic heterocycles. The molecule has 1 amide bonds. The Hall–Kier alpha value is -0.851. The predicted octanol–water partition coefficient (Wildman–Crippen LogP) is 6.65. The van der Waals surface area contributed by atoms with Crippen LogP contribution in [0.4, 0.5) is 4.79 Å². The van der Waals surface area contributed by atoms with Gasteiger partial charge in [-0.25, -0.2) is 0 Å². The molecule has 2 heterocycles. The van der Waals surface area contributed by atoms with E-state index in [1.807, 2.05) is 25.7 Å². The van der Waals surface area contributed by atoms with Crippen LogP contribution in [-0.2, 0) is 4.74 Å². The summed E-state index contributed by atoms with van der Waals surface area (Å²) in [6.07, 6.45) is 13.8. The third-order valence-electron chi connectivity index (χ3n) is 6.79. The number of carbonyl (C=O) groups excluding carboxylic acids is 1. The van der Waals surface area contributed by atoms with E-state index in [1.54, 1.807) is 0 Å². The minimum absolute atomic E-state index is 0.191. The average Bonchev–Trinajstić information content (AvgIpc) is 2.78. The number of likely N-dealkylation sites (tertiary alicyclic amines) is 1. The molecule has 0 N–H and O–H groups in total. The van der Waals surface area contributed by atoms with Crippen molar-refractivity contribution < 1.29 is 9.53 Å². The van der Waals surface area contributed by atoms with Crippen LogP contribution in [0.5, 0.6) is 0 Å². The first kappa shape index (κ1) is 27.4. The first-order valence-electron chi connectivity index (χ1n) is 13.0. The zero-order valence-electron chi connectivity index (χ0n) is 21.6. The fourth-order valence-corrected chi connectivity index (χ4v) is 19.6. The molecule has 1 aliphatic rings. The van der Waals surface area contributed by atoms with Gasteiger partial charge in [0.1, 0.15) is 0 Å². The Bertz CT molecular complexity index is 658. The molecule has 0 spiro atoms. The van der Waals surface area contributed by atoms with Gasteiger partial charge >= 0.3 is 201 Å². The summed E-state index contributed by atoms with van der Waals surface area (Å²) in [7, 11) is 0. The zero-order valence-corrected chi connectivity index (χ0v) is 24.4. The monoisotopic (exact) mass is 553 g/mol. The van der Waals surface area contributed by atoms with E-state index in [0.29, 0.717) is 5.92 Å². The number of amides is 1. The molecule has 182 valence electrons. The van der Waals surface area contributed by atoms with Gasteiger partial charge in [0.15, 0.2) is 0 Å². The van der Waals surface area contributed by atoms with Crippen molar-refractivity contribution in [1.82, 2.24) is 14.9 Å². The topological polar surface area (TPSA) is 55.3 Å². The Balaban J connectivity index is 2.08. The van der Waals surface area contributed by atoms with E-state index in [9.17, 15) is 4.79 Å². The third-order valence-corrected chi connectivity index (χ3v) is 21.5. The van der Waals surface area contributed by atoms with Crippen molar-refractivity contribution in [2.24, 2.45) is 0 Å². The molecule has 2 rings (SSSR count). The standard InChI is InChI=1S/C14H20N3O2.3C4H9.Sn/c1-14(2,3)19-13(18)17-6-4-11(5-7-17)12-8-15-10-16-9-12;3*1-3-4-2;/h8-9,11H,4-7H2,1-3H3;3*1,3-4H2,2H3;. The van der Waals surface area contributed by atoms with Crippen LogP contribution in [-0.4, -0.2) is 58.0 Å². The van der Waals surface area contributed by atoms with E-state index in [4.69, 9.17) is 14.7 Å². The van der Waals surface area contributed by atoms with E-state index < -0.39 is 24.0 Å². The van der Waals surface area contributed by atoms with Crippen LogP contribution in [0.25, 0.3) is 0 Å². The summed E-state index contributed by atoms with van der Waals surface area (Å²) in [5.74, 6) is 0.439. The molecule has 1 aromatic rings. The molecule has 0 aliphatic carbocycles. The summed E-state index contributed by atoms with van der Waals surface area (Å²) in [5, 5.41) is 0. The number of piperidine rings is 1. The number of aromatic nitrogens is 2. The number of hydrogen-bond acceptors (Lipinski definition) is 4. The van der Waals surface area contributed by atoms with Crippen molar-refractivity contribution in [1.29, 1.82) is 0 Å². The summed E-state index contributed by atoms with van der Waals surface area (Å²) < 4.78 is 11.0. The molecule has 1 fully saturated rings. The van der Waals surface area contributed by atoms with Gasteiger partial charge in [0.25, 0.3) is 0 Å². The van der Waals surface area contributed by atoms with Crippen molar-refractivity contribution in [3.63, 3.8) is 0 Å². The number of ether oxygens (including phenoxy) is 1. The molecule has 0 atom stereocenters. The molecule has 0 saturated carbocycles. The first-order valence-corrected chi connectivity index (χ1v) is 20.5. The summed E-state index contributed by atoms with van der Waals surface area (Å²) in [5.41, 5.74) is 0.808. The van der Waals surface area contributed by atoms with Gasteiger partial charge < -0.3 is 0 Å². The van der Waals surface area contributed by atoms with Crippen molar-refractivity contribution in [3.8, 4) is 0 Å². The Morgan fingerprint density at radius 3 is 1.84 bits per heavy atom. The van der Waals surface area contributed by atoms with Crippen molar-refractivity contribution in [2.75, 3.05) is 13.1 Å². The molecule has 32 heavy (non-hydrogen) atoms. The number of unbranched alkanes of at least 4 members (excludes halogenated alkanes) is 3. The second-order valence-electron chi connectivity index (χ2n) is 10.7. The molecular formula is C26H47N3O2Sn. The molecule has 6 heteroatoms. The van der Waals surface area contributed by atoms with Crippen molar-refractivity contribution in [3.05, 3.63) is 18.0 Å². The van der Waals surface area contributed by atoms with E-state index in [2.05, 4.69) is 33.2 Å². The first-order chi connectivity index (χ1) is 15.2. The maximum absolute atomic E-state index is 12.4. The zero-order chi connectivity index (χ0) is 23.6. The third kappa shape index (κ3) is 8.18. The van der Waals surface area contributed by atoms with E-state index in [1.165, 1.54) is 61.2 Å². The van der Waals surface area contributed by atoms with Gasteiger partial charge in [-0.15, -0.1) is 0 Å². The summed E-state index contributed by atoms with van der Waals surface area (Å²) in [6.45, 7) is 14.2. The maximum atomic E-state index is 12.4. The number of rotatable bonds is 11. The van der Waals surface area contributed by atoms with E-state index in [0.717, 1.165) is 25.9 Å². The van der Waals surface area contributed by atoms with Gasteiger partial charge in [0.2, 0.25) is 0 Å². The summed E-state index contributed by atoms with van der Waals surface area (Å²) in [4.78, 5) is 24.3. The molecule has 0 aromatic carbocycles. The van der Waals surface area contributed by atoms with Crippen LogP contribution in [0.15, 0.2) is 12.4 Å². The normalized spacial score (nSPS) is 15.8. The van der Waals surface area contributed by atoms with Crippen LogP contribution in [0, 0.1) is 0 Å². The fraction of sp³-hybridized carbons (Fsp3) is 0.808. The van der Waals surface area contributed by atoms with Gasteiger partial charge in [0.05, 0.1) is 0 Å². The van der Waals surface area contributed by atoms with Crippen molar-refractivity contribution >= 4 is 28.3 Å². The van der Waals surface area contributed by atoms with Gasteiger partial charge in [-0.2, -0.15) is 0 Å². The summed E-state index contributed by atoms with van der Waals surface area (Å²) in [6, 6.07) is 0.